The van der Waals surface area contributed by atoms with Crippen LogP contribution in [0.3, 0.4) is 0 Å². The van der Waals surface area contributed by atoms with E-state index in [1.807, 2.05) is 25.3 Å². The Labute approximate surface area is 157 Å². The minimum absolute atomic E-state index is 0.0865. The molecule has 2 aliphatic rings. The van der Waals surface area contributed by atoms with Crippen LogP contribution in [0, 0.1) is 25.7 Å². The summed E-state index contributed by atoms with van der Waals surface area (Å²) >= 11 is 1.50. The molecule has 2 saturated heterocycles. The zero-order valence-corrected chi connectivity index (χ0v) is 16.0. The van der Waals surface area contributed by atoms with E-state index in [2.05, 4.69) is 32.3 Å². The largest absolute Gasteiger partial charge is 0.376 e. The third kappa shape index (κ3) is 3.79. The molecule has 0 saturated carbocycles. The van der Waals surface area contributed by atoms with E-state index in [-0.39, 0.29) is 12.0 Å². The molecule has 6 nitrogen and oxygen atoms in total. The van der Waals surface area contributed by atoms with Crippen LogP contribution < -0.4 is 5.32 Å². The predicted molar refractivity (Wildman–Crippen MR) is 100 cm³/mol. The smallest absolute Gasteiger partial charge is 0.270 e. The number of hydrogen-bond donors (Lipinski definition) is 1. The molecular weight excluding hydrogens is 348 g/mol. The standard InChI is InChI=1S/C19H24N4O2S/c1-12-4-3-5-15(21-12)7-23-8-16-14(10-25-18(16)9-23)6-20-19(24)17-11-26-13(2)22-17/h3-5,11,14,16,18H,6-10H2,1-2H3,(H,20,24)/t14-,16+,18+/m0/s1. The lowest BCUT2D eigenvalue weighted by molar-refractivity contribution is 0.0900. The van der Waals surface area contributed by atoms with E-state index in [0.717, 1.165) is 42.6 Å². The number of rotatable bonds is 5. The Balaban J connectivity index is 1.31. The summed E-state index contributed by atoms with van der Waals surface area (Å²) in [6.07, 6.45) is 0.267. The molecule has 0 unspecified atom stereocenters. The summed E-state index contributed by atoms with van der Waals surface area (Å²) in [5.41, 5.74) is 2.67. The molecule has 1 amide bonds. The van der Waals surface area contributed by atoms with E-state index in [1.165, 1.54) is 11.3 Å². The SMILES string of the molecule is Cc1cccc(CN2C[C@@H]3[C@@H](CNC(=O)c4csc(C)n4)CO[C@@H]3C2)n1. The van der Waals surface area contributed by atoms with Crippen molar-refractivity contribution in [2.75, 3.05) is 26.2 Å². The maximum absolute atomic E-state index is 12.2. The van der Waals surface area contributed by atoms with Gasteiger partial charge in [-0.05, 0) is 26.0 Å². The van der Waals surface area contributed by atoms with Gasteiger partial charge in [0.15, 0.2) is 0 Å². The average Bonchev–Trinajstić information content (AvgIpc) is 3.29. The molecule has 3 atom stereocenters. The average molecular weight is 372 g/mol. The minimum atomic E-state index is -0.0865. The molecule has 138 valence electrons. The Morgan fingerprint density at radius 3 is 3.00 bits per heavy atom. The van der Waals surface area contributed by atoms with Gasteiger partial charge in [0.2, 0.25) is 0 Å². The maximum Gasteiger partial charge on any atom is 0.270 e. The van der Waals surface area contributed by atoms with Gasteiger partial charge in [0.1, 0.15) is 5.69 Å². The van der Waals surface area contributed by atoms with Crippen molar-refractivity contribution in [1.82, 2.24) is 20.2 Å². The molecule has 4 rings (SSSR count). The number of ether oxygens (including phenoxy) is 1. The Morgan fingerprint density at radius 1 is 1.35 bits per heavy atom. The van der Waals surface area contributed by atoms with Crippen LogP contribution in [0.5, 0.6) is 0 Å². The number of fused-ring (bicyclic) bond motifs is 1. The second kappa shape index (κ2) is 7.42. The fraction of sp³-hybridized carbons (Fsp3) is 0.526. The molecule has 0 spiro atoms. The molecule has 4 heterocycles. The molecule has 2 fully saturated rings. The number of nitrogens with zero attached hydrogens (tertiary/aromatic N) is 3. The first-order chi connectivity index (χ1) is 12.6. The van der Waals surface area contributed by atoms with Gasteiger partial charge in [-0.25, -0.2) is 4.98 Å². The number of carbonyl (C=O) groups is 1. The van der Waals surface area contributed by atoms with Crippen LogP contribution >= 0.6 is 11.3 Å². The van der Waals surface area contributed by atoms with Crippen LogP contribution in [-0.2, 0) is 11.3 Å². The summed E-state index contributed by atoms with van der Waals surface area (Å²) < 4.78 is 6.00. The zero-order chi connectivity index (χ0) is 18.1. The van der Waals surface area contributed by atoms with E-state index >= 15 is 0 Å². The lowest BCUT2D eigenvalue weighted by atomic mass is 9.93. The zero-order valence-electron chi connectivity index (χ0n) is 15.1. The van der Waals surface area contributed by atoms with E-state index in [1.54, 1.807) is 0 Å². The van der Waals surface area contributed by atoms with Crippen molar-refractivity contribution in [3.63, 3.8) is 0 Å². The van der Waals surface area contributed by atoms with E-state index < -0.39 is 0 Å². The summed E-state index contributed by atoms with van der Waals surface area (Å²) in [6.45, 7) is 8.10. The second-order valence-electron chi connectivity index (χ2n) is 7.22. The molecule has 0 aromatic carbocycles. The monoisotopic (exact) mass is 372 g/mol. The highest BCUT2D eigenvalue weighted by molar-refractivity contribution is 7.09. The van der Waals surface area contributed by atoms with Crippen molar-refractivity contribution in [2.45, 2.75) is 26.5 Å². The molecule has 0 aliphatic carbocycles. The summed E-state index contributed by atoms with van der Waals surface area (Å²) in [4.78, 5) is 23.5. The first-order valence-electron chi connectivity index (χ1n) is 9.05. The molecular formula is C19H24N4O2S. The van der Waals surface area contributed by atoms with Gasteiger partial charge in [0.25, 0.3) is 5.91 Å². The molecule has 1 N–H and O–H groups in total. The summed E-state index contributed by atoms with van der Waals surface area (Å²) in [5.74, 6) is 0.744. The number of nitrogens with one attached hydrogen (secondary N) is 1. The Bertz CT molecular complexity index is 793. The van der Waals surface area contributed by atoms with Crippen LogP contribution in [0.1, 0.15) is 26.9 Å². The number of aryl methyl sites for hydroxylation is 2. The Morgan fingerprint density at radius 2 is 2.23 bits per heavy atom. The van der Waals surface area contributed by atoms with Gasteiger partial charge >= 0.3 is 0 Å². The highest BCUT2D eigenvalue weighted by Crippen LogP contribution is 2.34. The topological polar surface area (TPSA) is 67.4 Å². The first kappa shape index (κ1) is 17.6. The number of likely N-dealkylation sites (tertiary alicyclic amines) is 1. The third-order valence-electron chi connectivity index (χ3n) is 5.22. The molecule has 7 heteroatoms. The summed E-state index contributed by atoms with van der Waals surface area (Å²) in [7, 11) is 0. The van der Waals surface area contributed by atoms with Crippen LogP contribution in [0.2, 0.25) is 0 Å². The number of aromatic nitrogens is 2. The van der Waals surface area contributed by atoms with Crippen LogP contribution in [0.4, 0.5) is 0 Å². The van der Waals surface area contributed by atoms with Gasteiger partial charge < -0.3 is 10.1 Å². The normalized spacial score (nSPS) is 25.4. The van der Waals surface area contributed by atoms with Crippen molar-refractivity contribution < 1.29 is 9.53 Å². The van der Waals surface area contributed by atoms with Gasteiger partial charge in [0.05, 0.1) is 23.4 Å². The predicted octanol–water partition coefficient (Wildman–Crippen LogP) is 2.03. The maximum atomic E-state index is 12.2. The molecule has 2 aromatic rings. The Hall–Kier alpha value is -1.83. The van der Waals surface area contributed by atoms with Gasteiger partial charge in [-0.2, -0.15) is 0 Å². The van der Waals surface area contributed by atoms with Gasteiger partial charge in [-0.1, -0.05) is 6.07 Å². The third-order valence-corrected chi connectivity index (χ3v) is 6.00. The van der Waals surface area contributed by atoms with E-state index in [9.17, 15) is 4.79 Å². The van der Waals surface area contributed by atoms with Crippen LogP contribution in [0.25, 0.3) is 0 Å². The van der Waals surface area contributed by atoms with Crippen LogP contribution in [-0.4, -0.2) is 53.1 Å². The molecule has 26 heavy (non-hydrogen) atoms. The highest BCUT2D eigenvalue weighted by atomic mass is 32.1. The second-order valence-corrected chi connectivity index (χ2v) is 8.28. The van der Waals surface area contributed by atoms with E-state index in [0.29, 0.717) is 24.1 Å². The van der Waals surface area contributed by atoms with Gasteiger partial charge in [-0.15, -0.1) is 11.3 Å². The number of carbonyl (C=O) groups excluding carboxylic acids is 1. The van der Waals surface area contributed by atoms with Crippen molar-refractivity contribution in [1.29, 1.82) is 0 Å². The first-order valence-corrected chi connectivity index (χ1v) is 9.93. The fourth-order valence-electron chi connectivity index (χ4n) is 3.92. The highest BCUT2D eigenvalue weighted by Gasteiger charge is 2.43. The van der Waals surface area contributed by atoms with Crippen molar-refractivity contribution in [2.24, 2.45) is 11.8 Å². The molecule has 0 radical (unpaired) electrons. The number of thiazole rings is 1. The Kier molecular flexibility index (Phi) is 5.02. The van der Waals surface area contributed by atoms with Crippen LogP contribution in [0.15, 0.2) is 23.6 Å². The van der Waals surface area contributed by atoms with E-state index in [4.69, 9.17) is 4.74 Å². The fourth-order valence-corrected chi connectivity index (χ4v) is 4.51. The lowest BCUT2D eigenvalue weighted by Crippen LogP contribution is -2.34. The molecule has 0 bridgehead atoms. The van der Waals surface area contributed by atoms with Crippen molar-refractivity contribution in [3.05, 3.63) is 45.7 Å². The number of hydrogen-bond acceptors (Lipinski definition) is 6. The van der Waals surface area contributed by atoms with Crippen molar-refractivity contribution >= 4 is 17.2 Å². The quantitative estimate of drug-likeness (QED) is 0.870. The van der Waals surface area contributed by atoms with Gasteiger partial charge in [-0.3, -0.25) is 14.7 Å². The minimum Gasteiger partial charge on any atom is -0.376 e. The number of pyridine rings is 1. The van der Waals surface area contributed by atoms with Crippen molar-refractivity contribution in [3.8, 4) is 0 Å². The van der Waals surface area contributed by atoms with Gasteiger partial charge in [0, 0.05) is 49.1 Å². The summed E-state index contributed by atoms with van der Waals surface area (Å²) in [6, 6.07) is 6.16. The summed E-state index contributed by atoms with van der Waals surface area (Å²) in [5, 5.41) is 5.76. The number of amides is 1. The molecule has 2 aromatic heterocycles. The lowest BCUT2D eigenvalue weighted by Gasteiger charge is -2.19. The molecule has 2 aliphatic heterocycles.